The van der Waals surface area contributed by atoms with Crippen molar-refractivity contribution in [3.05, 3.63) is 77.9 Å². The predicted molar refractivity (Wildman–Crippen MR) is 85.6 cm³/mol. The van der Waals surface area contributed by atoms with Crippen LogP contribution in [-0.2, 0) is 6.42 Å². The molecule has 0 spiro atoms. The lowest BCUT2D eigenvalue weighted by Gasteiger charge is -2.22. The first-order valence-corrected chi connectivity index (χ1v) is 7.05. The van der Waals surface area contributed by atoms with Crippen LogP contribution in [-0.4, -0.2) is 0 Å². The molecule has 0 aliphatic carbocycles. The lowest BCUT2D eigenvalue weighted by atomic mass is 9.92. The quantitative estimate of drug-likeness (QED) is 0.513. The molecule has 21 heavy (non-hydrogen) atoms. The van der Waals surface area contributed by atoms with Crippen LogP contribution in [0.5, 0.6) is 11.5 Å². The summed E-state index contributed by atoms with van der Waals surface area (Å²) in [4.78, 5) is 0. The minimum atomic E-state index is 0.783. The minimum Gasteiger partial charge on any atom is -0.457 e. The Morgan fingerprint density at radius 1 is 0.762 bits per heavy atom. The summed E-state index contributed by atoms with van der Waals surface area (Å²) in [7, 11) is 0. The maximum absolute atomic E-state index is 6.04. The van der Waals surface area contributed by atoms with Crippen LogP contribution >= 0.6 is 0 Å². The SMILES string of the molecule is Nc1ccc(-c2cccc3c2Cc2ccccc2O3)cc1. The number of anilines is 1. The number of ether oxygens (including phenoxy) is 1. The first-order valence-electron chi connectivity index (χ1n) is 7.05. The van der Waals surface area contributed by atoms with E-state index < -0.39 is 0 Å². The van der Waals surface area contributed by atoms with Gasteiger partial charge in [0.1, 0.15) is 11.5 Å². The van der Waals surface area contributed by atoms with Gasteiger partial charge >= 0.3 is 0 Å². The van der Waals surface area contributed by atoms with Gasteiger partial charge < -0.3 is 10.5 Å². The van der Waals surface area contributed by atoms with Crippen LogP contribution in [0.4, 0.5) is 5.69 Å². The van der Waals surface area contributed by atoms with Gasteiger partial charge in [-0.3, -0.25) is 0 Å². The van der Waals surface area contributed by atoms with Crippen LogP contribution in [0.15, 0.2) is 66.7 Å². The molecule has 1 aliphatic heterocycles. The van der Waals surface area contributed by atoms with Crippen molar-refractivity contribution in [2.45, 2.75) is 6.42 Å². The van der Waals surface area contributed by atoms with Crippen LogP contribution in [0.25, 0.3) is 11.1 Å². The fourth-order valence-electron chi connectivity index (χ4n) is 2.84. The van der Waals surface area contributed by atoms with E-state index in [-0.39, 0.29) is 0 Å². The number of hydrogen-bond donors (Lipinski definition) is 1. The van der Waals surface area contributed by atoms with Crippen molar-refractivity contribution in [2.75, 3.05) is 5.73 Å². The van der Waals surface area contributed by atoms with Gasteiger partial charge in [0.15, 0.2) is 0 Å². The van der Waals surface area contributed by atoms with E-state index >= 15 is 0 Å². The van der Waals surface area contributed by atoms with Gasteiger partial charge in [0, 0.05) is 17.7 Å². The third-order valence-electron chi connectivity index (χ3n) is 3.91. The minimum absolute atomic E-state index is 0.783. The maximum Gasteiger partial charge on any atom is 0.131 e. The van der Waals surface area contributed by atoms with Crippen LogP contribution in [0.2, 0.25) is 0 Å². The van der Waals surface area contributed by atoms with E-state index in [4.69, 9.17) is 10.5 Å². The van der Waals surface area contributed by atoms with Gasteiger partial charge in [-0.15, -0.1) is 0 Å². The zero-order chi connectivity index (χ0) is 14.2. The number of rotatable bonds is 1. The predicted octanol–water partition coefficient (Wildman–Crippen LogP) is 4.63. The summed E-state index contributed by atoms with van der Waals surface area (Å²) in [6.45, 7) is 0. The van der Waals surface area contributed by atoms with Crippen molar-refractivity contribution in [2.24, 2.45) is 0 Å². The van der Waals surface area contributed by atoms with E-state index in [9.17, 15) is 0 Å². The van der Waals surface area contributed by atoms with Gasteiger partial charge in [0.2, 0.25) is 0 Å². The Hall–Kier alpha value is -2.74. The summed E-state index contributed by atoms with van der Waals surface area (Å²) >= 11 is 0. The molecule has 2 N–H and O–H groups in total. The summed E-state index contributed by atoms with van der Waals surface area (Å²) in [5.41, 5.74) is 11.4. The molecule has 0 atom stereocenters. The highest BCUT2D eigenvalue weighted by molar-refractivity contribution is 5.73. The number of hydrogen-bond acceptors (Lipinski definition) is 2. The standard InChI is InChI=1S/C19H15NO/c20-15-10-8-13(9-11-15)16-5-3-7-19-17(16)12-14-4-1-2-6-18(14)21-19/h1-11H,12,20H2. The molecule has 102 valence electrons. The number of para-hydroxylation sites is 1. The smallest absolute Gasteiger partial charge is 0.131 e. The van der Waals surface area contributed by atoms with Crippen molar-refractivity contribution < 1.29 is 4.74 Å². The van der Waals surface area contributed by atoms with Gasteiger partial charge in [0.05, 0.1) is 0 Å². The average Bonchev–Trinajstić information content (AvgIpc) is 2.53. The molecule has 0 saturated heterocycles. The number of nitrogen functional groups attached to an aromatic ring is 1. The van der Waals surface area contributed by atoms with E-state index in [2.05, 4.69) is 30.3 Å². The highest BCUT2D eigenvalue weighted by Crippen LogP contribution is 2.41. The Kier molecular flexibility index (Phi) is 2.68. The van der Waals surface area contributed by atoms with Gasteiger partial charge in [-0.25, -0.2) is 0 Å². The Morgan fingerprint density at radius 2 is 1.52 bits per heavy atom. The average molecular weight is 273 g/mol. The first-order chi connectivity index (χ1) is 10.3. The van der Waals surface area contributed by atoms with Crippen LogP contribution in [0.3, 0.4) is 0 Å². The Labute approximate surface area is 123 Å². The molecular formula is C19H15NO. The van der Waals surface area contributed by atoms with Gasteiger partial charge in [-0.2, -0.15) is 0 Å². The van der Waals surface area contributed by atoms with Gasteiger partial charge in [0.25, 0.3) is 0 Å². The van der Waals surface area contributed by atoms with Crippen LogP contribution < -0.4 is 10.5 Å². The van der Waals surface area contributed by atoms with Crippen molar-refractivity contribution in [3.8, 4) is 22.6 Å². The fourth-order valence-corrected chi connectivity index (χ4v) is 2.84. The lowest BCUT2D eigenvalue weighted by Crippen LogP contribution is -2.04. The molecular weight excluding hydrogens is 258 g/mol. The highest BCUT2D eigenvalue weighted by Gasteiger charge is 2.19. The maximum atomic E-state index is 6.04. The molecule has 1 aliphatic rings. The molecule has 1 heterocycles. The largest absolute Gasteiger partial charge is 0.457 e. The zero-order valence-electron chi connectivity index (χ0n) is 11.5. The molecule has 0 fully saturated rings. The molecule has 2 heteroatoms. The van der Waals surface area contributed by atoms with Gasteiger partial charge in [-0.1, -0.05) is 42.5 Å². The highest BCUT2D eigenvalue weighted by atomic mass is 16.5. The van der Waals surface area contributed by atoms with E-state index in [1.165, 1.54) is 22.3 Å². The molecule has 3 aromatic rings. The molecule has 0 unspecified atom stereocenters. The zero-order valence-corrected chi connectivity index (χ0v) is 11.5. The molecule has 2 nitrogen and oxygen atoms in total. The fraction of sp³-hybridized carbons (Fsp3) is 0.0526. The molecule has 0 saturated carbocycles. The summed E-state index contributed by atoms with van der Waals surface area (Å²) < 4.78 is 6.04. The second-order valence-electron chi connectivity index (χ2n) is 5.29. The van der Waals surface area contributed by atoms with Crippen molar-refractivity contribution >= 4 is 5.69 Å². The topological polar surface area (TPSA) is 35.2 Å². The Balaban J connectivity index is 1.84. The molecule has 0 aromatic heterocycles. The van der Waals surface area contributed by atoms with Crippen molar-refractivity contribution in [1.82, 2.24) is 0 Å². The van der Waals surface area contributed by atoms with E-state index in [0.717, 1.165) is 23.6 Å². The summed E-state index contributed by atoms with van der Waals surface area (Å²) in [6.07, 6.45) is 0.895. The normalized spacial score (nSPS) is 12.2. The number of fused-ring (bicyclic) bond motifs is 2. The van der Waals surface area contributed by atoms with Crippen LogP contribution in [0.1, 0.15) is 11.1 Å². The van der Waals surface area contributed by atoms with Crippen LogP contribution in [0, 0.1) is 0 Å². The molecule has 0 bridgehead atoms. The van der Waals surface area contributed by atoms with E-state index in [1.807, 2.05) is 36.4 Å². The molecule has 4 rings (SSSR count). The lowest BCUT2D eigenvalue weighted by molar-refractivity contribution is 0.460. The Morgan fingerprint density at radius 3 is 2.38 bits per heavy atom. The molecule has 0 amide bonds. The molecule has 0 radical (unpaired) electrons. The summed E-state index contributed by atoms with van der Waals surface area (Å²) in [5.74, 6) is 1.91. The summed E-state index contributed by atoms with van der Waals surface area (Å²) in [5, 5.41) is 0. The third-order valence-corrected chi connectivity index (χ3v) is 3.91. The third kappa shape index (κ3) is 2.05. The van der Waals surface area contributed by atoms with Crippen molar-refractivity contribution in [1.29, 1.82) is 0 Å². The molecule has 3 aromatic carbocycles. The number of nitrogens with two attached hydrogens (primary N) is 1. The Bertz CT molecular complexity index is 806. The van der Waals surface area contributed by atoms with E-state index in [1.54, 1.807) is 0 Å². The second kappa shape index (κ2) is 4.67. The van der Waals surface area contributed by atoms with E-state index in [0.29, 0.717) is 0 Å². The first kappa shape index (κ1) is 12.0. The van der Waals surface area contributed by atoms with Gasteiger partial charge in [-0.05, 0) is 41.0 Å². The summed E-state index contributed by atoms with van der Waals surface area (Å²) in [6, 6.07) is 22.4. The number of benzene rings is 3. The monoisotopic (exact) mass is 273 g/mol. The second-order valence-corrected chi connectivity index (χ2v) is 5.29. The van der Waals surface area contributed by atoms with Crippen molar-refractivity contribution in [3.63, 3.8) is 0 Å².